The van der Waals surface area contributed by atoms with E-state index in [1.807, 2.05) is 6.07 Å². The number of para-hydroxylation sites is 1. The summed E-state index contributed by atoms with van der Waals surface area (Å²) in [5.74, 6) is -0.312. The molecule has 0 aliphatic heterocycles. The summed E-state index contributed by atoms with van der Waals surface area (Å²) in [6.07, 6.45) is 0. The molecule has 0 aliphatic rings. The van der Waals surface area contributed by atoms with E-state index < -0.39 is 10.0 Å². The van der Waals surface area contributed by atoms with Crippen LogP contribution in [-0.4, -0.2) is 36.8 Å². The average molecular weight is 484 g/mol. The molecular weight excluding hydrogens is 466 g/mol. The topological polar surface area (TPSA) is 118 Å². The zero-order valence-electron chi connectivity index (χ0n) is 15.8. The number of nitrogen functional groups attached to an aromatic ring is 1. The number of carbonyl (C=O) groups is 1. The first kappa shape index (κ1) is 22.3. The number of benzene rings is 2. The van der Waals surface area contributed by atoms with Crippen molar-refractivity contribution in [1.29, 1.82) is 0 Å². The van der Waals surface area contributed by atoms with E-state index in [-0.39, 0.29) is 33.8 Å². The monoisotopic (exact) mass is 483 g/mol. The SMILES string of the molecule is CCN(c1ccccc1)S(=O)(=O)c1ccc(Cl)c(NC(=O)CSc2nnc(N)s2)c1. The lowest BCUT2D eigenvalue weighted by Crippen LogP contribution is -2.30. The highest BCUT2D eigenvalue weighted by Gasteiger charge is 2.24. The molecule has 0 saturated heterocycles. The molecule has 3 aromatic rings. The minimum Gasteiger partial charge on any atom is -0.374 e. The summed E-state index contributed by atoms with van der Waals surface area (Å²) >= 11 is 8.52. The molecule has 0 radical (unpaired) electrons. The van der Waals surface area contributed by atoms with E-state index in [0.717, 1.165) is 0 Å². The van der Waals surface area contributed by atoms with E-state index >= 15 is 0 Å². The lowest BCUT2D eigenvalue weighted by Gasteiger charge is -2.23. The van der Waals surface area contributed by atoms with E-state index in [2.05, 4.69) is 15.5 Å². The number of anilines is 3. The molecule has 3 rings (SSSR count). The van der Waals surface area contributed by atoms with Gasteiger partial charge in [0.1, 0.15) is 0 Å². The summed E-state index contributed by atoms with van der Waals surface area (Å²) in [7, 11) is -3.84. The van der Waals surface area contributed by atoms with Crippen LogP contribution in [0.25, 0.3) is 0 Å². The lowest BCUT2D eigenvalue weighted by atomic mass is 10.3. The molecule has 0 aliphatic carbocycles. The summed E-state index contributed by atoms with van der Waals surface area (Å²) in [4.78, 5) is 12.3. The molecule has 1 amide bonds. The molecule has 2 aromatic carbocycles. The molecule has 0 saturated carbocycles. The number of nitrogens with one attached hydrogen (secondary N) is 1. The van der Waals surface area contributed by atoms with Crippen LogP contribution in [0.5, 0.6) is 0 Å². The van der Waals surface area contributed by atoms with E-state index in [9.17, 15) is 13.2 Å². The Morgan fingerprint density at radius 2 is 1.97 bits per heavy atom. The number of nitrogens with zero attached hydrogens (tertiary/aromatic N) is 3. The van der Waals surface area contributed by atoms with E-state index in [4.69, 9.17) is 17.3 Å². The second kappa shape index (κ2) is 9.65. The van der Waals surface area contributed by atoms with Crippen LogP contribution >= 0.6 is 34.7 Å². The number of rotatable bonds is 8. The predicted octanol–water partition coefficient (Wildman–Crippen LogP) is 3.72. The van der Waals surface area contributed by atoms with Gasteiger partial charge in [-0.15, -0.1) is 10.2 Å². The van der Waals surface area contributed by atoms with Crippen molar-refractivity contribution in [3.05, 3.63) is 53.6 Å². The fourth-order valence-electron chi connectivity index (χ4n) is 2.57. The maximum absolute atomic E-state index is 13.2. The van der Waals surface area contributed by atoms with Crippen LogP contribution in [0.15, 0.2) is 57.8 Å². The summed E-state index contributed by atoms with van der Waals surface area (Å²) in [5.41, 5.74) is 6.28. The minimum atomic E-state index is -3.84. The molecule has 1 aromatic heterocycles. The number of halogens is 1. The van der Waals surface area contributed by atoms with Crippen LogP contribution in [0.2, 0.25) is 5.02 Å². The quantitative estimate of drug-likeness (QED) is 0.468. The molecule has 0 fully saturated rings. The highest BCUT2D eigenvalue weighted by molar-refractivity contribution is 8.01. The van der Waals surface area contributed by atoms with Crippen molar-refractivity contribution >= 4 is 67.1 Å². The van der Waals surface area contributed by atoms with Crippen LogP contribution in [0.3, 0.4) is 0 Å². The number of amides is 1. The number of aromatic nitrogens is 2. The van der Waals surface area contributed by atoms with Gasteiger partial charge in [0.25, 0.3) is 10.0 Å². The summed E-state index contributed by atoms with van der Waals surface area (Å²) in [5, 5.41) is 10.7. The molecule has 0 atom stereocenters. The number of hydrogen-bond acceptors (Lipinski definition) is 8. The first-order chi connectivity index (χ1) is 14.3. The molecule has 8 nitrogen and oxygen atoms in total. The maximum atomic E-state index is 13.2. The Hall–Kier alpha value is -2.34. The first-order valence-electron chi connectivity index (χ1n) is 8.70. The van der Waals surface area contributed by atoms with Crippen LogP contribution in [0.1, 0.15) is 6.92 Å². The smallest absolute Gasteiger partial charge is 0.264 e. The highest BCUT2D eigenvalue weighted by Crippen LogP contribution is 2.30. The van der Waals surface area contributed by atoms with Crippen molar-refractivity contribution < 1.29 is 13.2 Å². The molecule has 0 spiro atoms. The molecule has 12 heteroatoms. The fraction of sp³-hybridized carbons (Fsp3) is 0.167. The Balaban J connectivity index is 1.79. The van der Waals surface area contributed by atoms with E-state index in [1.165, 1.54) is 45.6 Å². The van der Waals surface area contributed by atoms with Gasteiger partial charge in [-0.3, -0.25) is 9.10 Å². The van der Waals surface area contributed by atoms with Gasteiger partial charge in [0.05, 0.1) is 27.0 Å². The third kappa shape index (κ3) is 5.22. The van der Waals surface area contributed by atoms with Gasteiger partial charge >= 0.3 is 0 Å². The van der Waals surface area contributed by atoms with Gasteiger partial charge in [0.15, 0.2) is 4.34 Å². The number of nitrogens with two attached hydrogens (primary N) is 1. The number of carbonyl (C=O) groups excluding carboxylic acids is 1. The fourth-order valence-corrected chi connectivity index (χ4v) is 5.67. The van der Waals surface area contributed by atoms with Crippen molar-refractivity contribution in [2.24, 2.45) is 0 Å². The third-order valence-electron chi connectivity index (χ3n) is 3.88. The summed E-state index contributed by atoms with van der Waals surface area (Å²) in [6, 6.07) is 13.0. The van der Waals surface area contributed by atoms with Crippen molar-refractivity contribution in [2.75, 3.05) is 27.7 Å². The number of hydrogen-bond donors (Lipinski definition) is 2. The summed E-state index contributed by atoms with van der Waals surface area (Å²) < 4.78 is 28.2. The summed E-state index contributed by atoms with van der Waals surface area (Å²) in [6.45, 7) is 2.00. The predicted molar refractivity (Wildman–Crippen MR) is 122 cm³/mol. The van der Waals surface area contributed by atoms with Crippen LogP contribution in [-0.2, 0) is 14.8 Å². The average Bonchev–Trinajstić information content (AvgIpc) is 3.14. The normalized spacial score (nSPS) is 11.3. The zero-order chi connectivity index (χ0) is 21.7. The largest absolute Gasteiger partial charge is 0.374 e. The van der Waals surface area contributed by atoms with Crippen molar-refractivity contribution in [1.82, 2.24) is 10.2 Å². The van der Waals surface area contributed by atoms with Crippen LogP contribution in [0, 0.1) is 0 Å². The highest BCUT2D eigenvalue weighted by atomic mass is 35.5. The minimum absolute atomic E-state index is 0.0254. The van der Waals surface area contributed by atoms with E-state index in [1.54, 1.807) is 31.2 Å². The van der Waals surface area contributed by atoms with Crippen molar-refractivity contribution in [3.8, 4) is 0 Å². The Kier molecular flexibility index (Phi) is 7.19. The van der Waals surface area contributed by atoms with Gasteiger partial charge in [-0.1, -0.05) is 52.9 Å². The Morgan fingerprint density at radius 3 is 2.60 bits per heavy atom. The maximum Gasteiger partial charge on any atom is 0.264 e. The molecule has 0 bridgehead atoms. The second-order valence-electron chi connectivity index (χ2n) is 5.89. The van der Waals surface area contributed by atoms with Gasteiger partial charge in [0, 0.05) is 6.54 Å². The molecule has 30 heavy (non-hydrogen) atoms. The van der Waals surface area contributed by atoms with Gasteiger partial charge in [0.2, 0.25) is 11.0 Å². The van der Waals surface area contributed by atoms with Crippen LogP contribution in [0.4, 0.5) is 16.5 Å². The Labute approximate surface area is 187 Å². The molecule has 3 N–H and O–H groups in total. The Bertz CT molecular complexity index is 1140. The third-order valence-corrected chi connectivity index (χ3v) is 7.99. The first-order valence-corrected chi connectivity index (χ1v) is 12.3. The standard InChI is InChI=1S/C18H18ClN5O3S3/c1-2-24(12-6-4-3-5-7-12)30(26,27)13-8-9-14(19)15(10-13)21-16(25)11-28-18-23-22-17(20)29-18/h3-10H,2,11H2,1H3,(H2,20,22)(H,21,25). The Morgan fingerprint density at radius 1 is 1.23 bits per heavy atom. The second-order valence-corrected chi connectivity index (χ2v) is 10.4. The number of thioether (sulfide) groups is 1. The van der Waals surface area contributed by atoms with Gasteiger partial charge < -0.3 is 11.1 Å². The van der Waals surface area contributed by atoms with Gasteiger partial charge in [-0.05, 0) is 37.3 Å². The molecule has 1 heterocycles. The molecule has 0 unspecified atom stereocenters. The van der Waals surface area contributed by atoms with Gasteiger partial charge in [-0.2, -0.15) is 0 Å². The van der Waals surface area contributed by atoms with Crippen molar-refractivity contribution in [2.45, 2.75) is 16.2 Å². The zero-order valence-corrected chi connectivity index (χ0v) is 19.0. The molecule has 158 valence electrons. The molecular formula is C18H18ClN5O3S3. The van der Waals surface area contributed by atoms with E-state index in [0.29, 0.717) is 15.2 Å². The lowest BCUT2D eigenvalue weighted by molar-refractivity contribution is -0.113. The van der Waals surface area contributed by atoms with Crippen LogP contribution < -0.4 is 15.4 Å². The van der Waals surface area contributed by atoms with Gasteiger partial charge in [-0.25, -0.2) is 8.42 Å². The van der Waals surface area contributed by atoms with Crippen molar-refractivity contribution in [3.63, 3.8) is 0 Å². The number of sulfonamides is 1.